The summed E-state index contributed by atoms with van der Waals surface area (Å²) in [7, 11) is 0. The number of fused-ring (bicyclic) bond motifs is 1. The molecule has 1 unspecified atom stereocenters. The van der Waals surface area contributed by atoms with Crippen LogP contribution >= 0.6 is 0 Å². The van der Waals surface area contributed by atoms with Crippen LogP contribution in [-0.4, -0.2) is 16.2 Å². The van der Waals surface area contributed by atoms with Gasteiger partial charge in [0.2, 0.25) is 0 Å². The average Bonchev–Trinajstić information content (AvgIpc) is 2.28. The number of aromatic hydroxyl groups is 1. The number of rotatable bonds is 2. The molecule has 2 N–H and O–H groups in total. The highest BCUT2D eigenvalue weighted by atomic mass is 16.4. The molecule has 1 aliphatic carbocycles. The van der Waals surface area contributed by atoms with Gasteiger partial charge in [-0.3, -0.25) is 4.79 Å². The van der Waals surface area contributed by atoms with Gasteiger partial charge in [0, 0.05) is 0 Å². The minimum atomic E-state index is -0.732. The molecule has 1 aromatic rings. The van der Waals surface area contributed by atoms with Crippen molar-refractivity contribution < 1.29 is 15.0 Å². The minimum Gasteiger partial charge on any atom is -0.508 e. The number of phenols is 1. The first kappa shape index (κ1) is 12.0. The van der Waals surface area contributed by atoms with Gasteiger partial charge in [-0.1, -0.05) is 6.07 Å². The van der Waals surface area contributed by atoms with Crippen molar-refractivity contribution >= 4 is 5.97 Å². The third kappa shape index (κ3) is 2.14. The molecule has 3 nitrogen and oxygen atoms in total. The number of carboxylic acid groups (broad SMARTS) is 1. The molecule has 1 atom stereocenters. The highest BCUT2D eigenvalue weighted by molar-refractivity contribution is 5.74. The molecule has 0 saturated carbocycles. The molecule has 0 spiro atoms. The molecule has 0 aliphatic heterocycles. The monoisotopic (exact) mass is 234 g/mol. The molecule has 92 valence electrons. The van der Waals surface area contributed by atoms with E-state index in [1.165, 1.54) is 5.56 Å². The number of hydrogen-bond donors (Lipinski definition) is 2. The van der Waals surface area contributed by atoms with Crippen LogP contribution in [0.1, 0.15) is 31.4 Å². The van der Waals surface area contributed by atoms with Gasteiger partial charge in [-0.2, -0.15) is 0 Å². The number of aliphatic carboxylic acids is 1. The van der Waals surface area contributed by atoms with E-state index in [9.17, 15) is 15.0 Å². The quantitative estimate of drug-likeness (QED) is 0.827. The SMILES string of the molecule is CC(C)(C(=O)O)C1CCc2cc(O)ccc2C1. The van der Waals surface area contributed by atoms with Crippen molar-refractivity contribution in [3.05, 3.63) is 29.3 Å². The summed E-state index contributed by atoms with van der Waals surface area (Å²) in [5.41, 5.74) is 1.64. The van der Waals surface area contributed by atoms with Crippen molar-refractivity contribution in [1.29, 1.82) is 0 Å². The molecule has 1 aliphatic rings. The summed E-state index contributed by atoms with van der Waals surface area (Å²) in [5.74, 6) is -0.276. The Kier molecular flexibility index (Phi) is 2.86. The summed E-state index contributed by atoms with van der Waals surface area (Å²) in [5, 5.41) is 18.7. The number of benzene rings is 1. The van der Waals surface area contributed by atoms with E-state index in [-0.39, 0.29) is 5.92 Å². The highest BCUT2D eigenvalue weighted by Crippen LogP contribution is 2.38. The van der Waals surface area contributed by atoms with Crippen molar-refractivity contribution in [2.24, 2.45) is 11.3 Å². The Bertz CT molecular complexity index is 449. The van der Waals surface area contributed by atoms with Gasteiger partial charge in [0.05, 0.1) is 5.41 Å². The van der Waals surface area contributed by atoms with Gasteiger partial charge in [0.1, 0.15) is 5.75 Å². The zero-order valence-electron chi connectivity index (χ0n) is 10.2. The first-order valence-corrected chi connectivity index (χ1v) is 5.95. The predicted octanol–water partition coefficient (Wildman–Crippen LogP) is 2.61. The lowest BCUT2D eigenvalue weighted by atomic mass is 9.69. The molecule has 1 aromatic carbocycles. The molecule has 17 heavy (non-hydrogen) atoms. The van der Waals surface area contributed by atoms with E-state index >= 15 is 0 Å². The van der Waals surface area contributed by atoms with E-state index in [0.717, 1.165) is 24.8 Å². The van der Waals surface area contributed by atoms with Gasteiger partial charge in [-0.05, 0) is 62.3 Å². The van der Waals surface area contributed by atoms with E-state index in [0.29, 0.717) is 5.75 Å². The molecule has 0 bridgehead atoms. The van der Waals surface area contributed by atoms with Crippen molar-refractivity contribution in [2.75, 3.05) is 0 Å². The Balaban J connectivity index is 2.25. The van der Waals surface area contributed by atoms with Crippen LogP contribution in [-0.2, 0) is 17.6 Å². The highest BCUT2D eigenvalue weighted by Gasteiger charge is 2.38. The first-order valence-electron chi connectivity index (χ1n) is 5.95. The fourth-order valence-electron chi connectivity index (χ4n) is 2.53. The van der Waals surface area contributed by atoms with Crippen LogP contribution in [0, 0.1) is 11.3 Å². The van der Waals surface area contributed by atoms with Crippen LogP contribution in [0.25, 0.3) is 0 Å². The van der Waals surface area contributed by atoms with Gasteiger partial charge in [-0.25, -0.2) is 0 Å². The lowest BCUT2D eigenvalue weighted by molar-refractivity contribution is -0.150. The van der Waals surface area contributed by atoms with Crippen molar-refractivity contribution in [3.8, 4) is 5.75 Å². The van der Waals surface area contributed by atoms with Crippen LogP contribution in [0.15, 0.2) is 18.2 Å². The van der Waals surface area contributed by atoms with Crippen LogP contribution in [0.3, 0.4) is 0 Å². The topological polar surface area (TPSA) is 57.5 Å². The minimum absolute atomic E-state index is 0.164. The lowest BCUT2D eigenvalue weighted by Gasteiger charge is -2.34. The lowest BCUT2D eigenvalue weighted by Crippen LogP contribution is -2.36. The van der Waals surface area contributed by atoms with Gasteiger partial charge in [0.25, 0.3) is 0 Å². The van der Waals surface area contributed by atoms with Gasteiger partial charge < -0.3 is 10.2 Å². The van der Waals surface area contributed by atoms with Crippen molar-refractivity contribution in [1.82, 2.24) is 0 Å². The third-order valence-electron chi connectivity index (χ3n) is 3.99. The molecular weight excluding hydrogens is 216 g/mol. The fourth-order valence-corrected chi connectivity index (χ4v) is 2.53. The second kappa shape index (κ2) is 4.06. The zero-order chi connectivity index (χ0) is 12.6. The molecule has 0 saturated heterocycles. The third-order valence-corrected chi connectivity index (χ3v) is 3.99. The Labute approximate surface area is 101 Å². The maximum absolute atomic E-state index is 11.2. The number of hydrogen-bond acceptors (Lipinski definition) is 2. The summed E-state index contributed by atoms with van der Waals surface area (Å²) < 4.78 is 0. The average molecular weight is 234 g/mol. The molecule has 0 aromatic heterocycles. The Hall–Kier alpha value is -1.51. The molecular formula is C14H18O3. The van der Waals surface area contributed by atoms with E-state index in [1.807, 2.05) is 6.07 Å². The molecule has 0 fully saturated rings. The summed E-state index contributed by atoms with van der Waals surface area (Å²) in [4.78, 5) is 11.2. The first-order chi connectivity index (χ1) is 7.91. The molecule has 0 radical (unpaired) electrons. The van der Waals surface area contributed by atoms with Gasteiger partial charge in [0.15, 0.2) is 0 Å². The number of carbonyl (C=O) groups is 1. The maximum atomic E-state index is 11.2. The number of carboxylic acids is 1. The standard InChI is InChI=1S/C14H18O3/c1-14(2,13(16)17)11-5-3-10-8-12(15)6-4-9(10)7-11/h4,6,8,11,15H,3,5,7H2,1-2H3,(H,16,17). The normalized spacial score (nSPS) is 19.8. The Morgan fingerprint density at radius 3 is 2.71 bits per heavy atom. The largest absolute Gasteiger partial charge is 0.508 e. The summed E-state index contributed by atoms with van der Waals surface area (Å²) in [6.45, 7) is 3.59. The zero-order valence-corrected chi connectivity index (χ0v) is 10.2. The van der Waals surface area contributed by atoms with E-state index in [4.69, 9.17) is 0 Å². The predicted molar refractivity (Wildman–Crippen MR) is 65.0 cm³/mol. The molecule has 0 amide bonds. The number of aryl methyl sites for hydroxylation is 1. The molecule has 0 heterocycles. The molecule has 3 heteroatoms. The van der Waals surface area contributed by atoms with E-state index in [1.54, 1.807) is 26.0 Å². The summed E-state index contributed by atoms with van der Waals surface area (Å²) in [6, 6.07) is 5.38. The Morgan fingerprint density at radius 1 is 1.35 bits per heavy atom. The van der Waals surface area contributed by atoms with Crippen LogP contribution in [0.4, 0.5) is 0 Å². The number of phenolic OH excluding ortho intramolecular Hbond substituents is 1. The molecule has 2 rings (SSSR count). The van der Waals surface area contributed by atoms with Crippen LogP contribution in [0.2, 0.25) is 0 Å². The summed E-state index contributed by atoms with van der Waals surface area (Å²) >= 11 is 0. The van der Waals surface area contributed by atoms with Crippen LogP contribution < -0.4 is 0 Å². The van der Waals surface area contributed by atoms with Gasteiger partial charge >= 0.3 is 5.97 Å². The summed E-state index contributed by atoms with van der Waals surface area (Å²) in [6.07, 6.45) is 2.51. The van der Waals surface area contributed by atoms with Crippen molar-refractivity contribution in [2.45, 2.75) is 33.1 Å². The second-order valence-corrected chi connectivity index (χ2v) is 5.42. The Morgan fingerprint density at radius 2 is 2.06 bits per heavy atom. The second-order valence-electron chi connectivity index (χ2n) is 5.42. The van der Waals surface area contributed by atoms with Crippen molar-refractivity contribution in [3.63, 3.8) is 0 Å². The van der Waals surface area contributed by atoms with Gasteiger partial charge in [-0.15, -0.1) is 0 Å². The van der Waals surface area contributed by atoms with E-state index < -0.39 is 11.4 Å². The van der Waals surface area contributed by atoms with Crippen LogP contribution in [0.5, 0.6) is 5.75 Å². The fraction of sp³-hybridized carbons (Fsp3) is 0.500. The maximum Gasteiger partial charge on any atom is 0.309 e. The van der Waals surface area contributed by atoms with E-state index in [2.05, 4.69) is 0 Å². The smallest absolute Gasteiger partial charge is 0.309 e.